The number of nitrogens with two attached hydrogens (primary N) is 1. The lowest BCUT2D eigenvalue weighted by molar-refractivity contribution is -0.121. The van der Waals surface area contributed by atoms with E-state index < -0.39 is 0 Å². The van der Waals surface area contributed by atoms with Crippen LogP contribution < -0.4 is 11.1 Å². The van der Waals surface area contributed by atoms with E-state index in [1.807, 2.05) is 6.92 Å². The average molecular weight is 255 g/mol. The molecule has 17 heavy (non-hydrogen) atoms. The molecule has 0 aliphatic heterocycles. The number of thiazole rings is 1. The van der Waals surface area contributed by atoms with Gasteiger partial charge in [0.1, 0.15) is 0 Å². The van der Waals surface area contributed by atoms with Crippen LogP contribution in [0.4, 0.5) is 0 Å². The highest BCUT2D eigenvalue weighted by atomic mass is 32.1. The Kier molecular flexibility index (Phi) is 6.15. The first-order chi connectivity index (χ1) is 8.11. The Bertz CT molecular complexity index is 349. The zero-order valence-electron chi connectivity index (χ0n) is 10.5. The SMILES string of the molecule is CCc1nc(CCNC(=O)CCC(C)N)cs1. The molecule has 0 aliphatic rings. The quantitative estimate of drug-likeness (QED) is 0.775. The predicted molar refractivity (Wildman–Crippen MR) is 71.1 cm³/mol. The molecule has 1 aromatic heterocycles. The summed E-state index contributed by atoms with van der Waals surface area (Å²) >= 11 is 1.68. The van der Waals surface area contributed by atoms with Gasteiger partial charge < -0.3 is 11.1 Å². The lowest BCUT2D eigenvalue weighted by atomic mass is 10.2. The molecule has 0 bridgehead atoms. The minimum atomic E-state index is 0.0771. The van der Waals surface area contributed by atoms with Crippen molar-refractivity contribution in [3.05, 3.63) is 16.1 Å². The van der Waals surface area contributed by atoms with Crippen LogP contribution in [-0.2, 0) is 17.6 Å². The van der Waals surface area contributed by atoms with Crippen molar-refractivity contribution >= 4 is 17.2 Å². The monoisotopic (exact) mass is 255 g/mol. The van der Waals surface area contributed by atoms with Gasteiger partial charge in [-0.1, -0.05) is 6.92 Å². The van der Waals surface area contributed by atoms with Crippen LogP contribution in [0.1, 0.15) is 37.4 Å². The molecule has 1 unspecified atom stereocenters. The van der Waals surface area contributed by atoms with Crippen LogP contribution in [0.25, 0.3) is 0 Å². The summed E-state index contributed by atoms with van der Waals surface area (Å²) in [6, 6.07) is 0.0893. The van der Waals surface area contributed by atoms with Crippen molar-refractivity contribution in [2.75, 3.05) is 6.54 Å². The molecular weight excluding hydrogens is 234 g/mol. The topological polar surface area (TPSA) is 68.0 Å². The van der Waals surface area contributed by atoms with Crippen LogP contribution in [0.3, 0.4) is 0 Å². The fourth-order valence-corrected chi connectivity index (χ4v) is 2.18. The minimum Gasteiger partial charge on any atom is -0.356 e. The Morgan fingerprint density at radius 3 is 3.00 bits per heavy atom. The fraction of sp³-hybridized carbons (Fsp3) is 0.667. The van der Waals surface area contributed by atoms with E-state index in [1.54, 1.807) is 11.3 Å². The summed E-state index contributed by atoms with van der Waals surface area (Å²) in [6.45, 7) is 4.66. The molecule has 5 heteroatoms. The zero-order chi connectivity index (χ0) is 12.7. The van der Waals surface area contributed by atoms with Crippen molar-refractivity contribution in [3.63, 3.8) is 0 Å². The number of aromatic nitrogens is 1. The molecule has 0 fully saturated rings. The third-order valence-corrected chi connectivity index (χ3v) is 3.47. The highest BCUT2D eigenvalue weighted by molar-refractivity contribution is 7.09. The van der Waals surface area contributed by atoms with Crippen LogP contribution in [0, 0.1) is 0 Å². The summed E-state index contributed by atoms with van der Waals surface area (Å²) in [7, 11) is 0. The number of carbonyl (C=O) groups is 1. The average Bonchev–Trinajstić information content (AvgIpc) is 2.74. The van der Waals surface area contributed by atoms with Gasteiger partial charge in [0.2, 0.25) is 5.91 Å². The van der Waals surface area contributed by atoms with Crippen LogP contribution in [-0.4, -0.2) is 23.5 Å². The van der Waals surface area contributed by atoms with Crippen molar-refractivity contribution in [3.8, 4) is 0 Å². The molecule has 1 heterocycles. The van der Waals surface area contributed by atoms with E-state index in [1.165, 1.54) is 0 Å². The lowest BCUT2D eigenvalue weighted by Crippen LogP contribution is -2.27. The fourth-order valence-electron chi connectivity index (χ4n) is 1.40. The third-order valence-electron chi connectivity index (χ3n) is 2.43. The highest BCUT2D eigenvalue weighted by Gasteiger charge is 2.04. The van der Waals surface area contributed by atoms with E-state index in [4.69, 9.17) is 5.73 Å². The Hall–Kier alpha value is -0.940. The summed E-state index contributed by atoms with van der Waals surface area (Å²) < 4.78 is 0. The van der Waals surface area contributed by atoms with Crippen molar-refractivity contribution in [2.24, 2.45) is 5.73 Å². The number of carbonyl (C=O) groups excluding carboxylic acids is 1. The molecule has 0 saturated carbocycles. The molecule has 1 aromatic rings. The minimum absolute atomic E-state index is 0.0771. The molecule has 0 aromatic carbocycles. The van der Waals surface area contributed by atoms with Crippen LogP contribution in [0.2, 0.25) is 0 Å². The molecule has 3 N–H and O–H groups in total. The number of amides is 1. The Morgan fingerprint density at radius 2 is 2.41 bits per heavy atom. The molecule has 4 nitrogen and oxygen atoms in total. The second-order valence-corrected chi connectivity index (χ2v) is 5.14. The first kappa shape index (κ1) is 14.1. The van der Waals surface area contributed by atoms with Gasteiger partial charge in [-0.25, -0.2) is 4.98 Å². The number of nitrogens with one attached hydrogen (secondary N) is 1. The molecule has 1 amide bonds. The summed E-state index contributed by atoms with van der Waals surface area (Å²) in [4.78, 5) is 15.9. The maximum absolute atomic E-state index is 11.4. The van der Waals surface area contributed by atoms with Gasteiger partial charge >= 0.3 is 0 Å². The Labute approximate surface area is 107 Å². The van der Waals surface area contributed by atoms with Gasteiger partial charge in [-0.05, 0) is 19.8 Å². The van der Waals surface area contributed by atoms with Crippen molar-refractivity contribution < 1.29 is 4.79 Å². The highest BCUT2D eigenvalue weighted by Crippen LogP contribution is 2.10. The smallest absolute Gasteiger partial charge is 0.220 e. The van der Waals surface area contributed by atoms with E-state index in [-0.39, 0.29) is 11.9 Å². The molecule has 0 radical (unpaired) electrons. The third kappa shape index (κ3) is 5.79. The predicted octanol–water partition coefficient (Wildman–Crippen LogP) is 1.49. The van der Waals surface area contributed by atoms with E-state index in [0.29, 0.717) is 13.0 Å². The normalized spacial score (nSPS) is 12.4. The number of nitrogens with zero attached hydrogens (tertiary/aromatic N) is 1. The van der Waals surface area contributed by atoms with Gasteiger partial charge in [0, 0.05) is 30.8 Å². The van der Waals surface area contributed by atoms with Gasteiger partial charge in [-0.2, -0.15) is 0 Å². The Morgan fingerprint density at radius 1 is 1.65 bits per heavy atom. The molecule has 1 rings (SSSR count). The van der Waals surface area contributed by atoms with E-state index in [9.17, 15) is 4.79 Å². The van der Waals surface area contributed by atoms with Gasteiger partial charge in [-0.15, -0.1) is 11.3 Å². The largest absolute Gasteiger partial charge is 0.356 e. The van der Waals surface area contributed by atoms with E-state index in [0.717, 1.165) is 30.0 Å². The molecular formula is C12H21N3OS. The maximum Gasteiger partial charge on any atom is 0.220 e. The summed E-state index contributed by atoms with van der Waals surface area (Å²) in [5.41, 5.74) is 6.66. The standard InChI is InChI=1S/C12H21N3OS/c1-3-12-15-10(8-17-12)6-7-14-11(16)5-4-9(2)13/h8-9H,3-7,13H2,1-2H3,(H,14,16). The summed E-state index contributed by atoms with van der Waals surface area (Å²) in [5.74, 6) is 0.0771. The lowest BCUT2D eigenvalue weighted by Gasteiger charge is -2.05. The first-order valence-electron chi connectivity index (χ1n) is 6.07. The molecule has 96 valence electrons. The van der Waals surface area contributed by atoms with Crippen molar-refractivity contribution in [2.45, 2.75) is 45.6 Å². The van der Waals surface area contributed by atoms with Crippen LogP contribution in [0.15, 0.2) is 5.38 Å². The first-order valence-corrected chi connectivity index (χ1v) is 6.95. The zero-order valence-corrected chi connectivity index (χ0v) is 11.3. The number of hydrogen-bond donors (Lipinski definition) is 2. The van der Waals surface area contributed by atoms with Gasteiger partial charge in [0.25, 0.3) is 0 Å². The molecule has 0 saturated heterocycles. The summed E-state index contributed by atoms with van der Waals surface area (Å²) in [5, 5.41) is 6.10. The Balaban J connectivity index is 2.16. The number of aryl methyl sites for hydroxylation is 1. The van der Waals surface area contributed by atoms with E-state index in [2.05, 4.69) is 22.6 Å². The van der Waals surface area contributed by atoms with Crippen LogP contribution >= 0.6 is 11.3 Å². The molecule has 1 atom stereocenters. The van der Waals surface area contributed by atoms with Crippen LogP contribution in [0.5, 0.6) is 0 Å². The van der Waals surface area contributed by atoms with Gasteiger partial charge in [0.05, 0.1) is 10.7 Å². The molecule has 0 aliphatic carbocycles. The van der Waals surface area contributed by atoms with Crippen molar-refractivity contribution in [1.82, 2.24) is 10.3 Å². The second kappa shape index (κ2) is 7.40. The van der Waals surface area contributed by atoms with Gasteiger partial charge in [0.15, 0.2) is 0 Å². The van der Waals surface area contributed by atoms with E-state index >= 15 is 0 Å². The number of hydrogen-bond acceptors (Lipinski definition) is 4. The number of rotatable bonds is 7. The van der Waals surface area contributed by atoms with Gasteiger partial charge in [-0.3, -0.25) is 4.79 Å². The van der Waals surface area contributed by atoms with Crippen molar-refractivity contribution in [1.29, 1.82) is 0 Å². The summed E-state index contributed by atoms with van der Waals surface area (Å²) in [6.07, 6.45) is 3.03. The molecule has 0 spiro atoms. The second-order valence-electron chi connectivity index (χ2n) is 4.20. The maximum atomic E-state index is 11.4.